The number of rotatable bonds is 3. The number of carbonyl (C=O) groups is 1. The van der Waals surface area contributed by atoms with E-state index < -0.39 is 5.54 Å². The molecule has 1 heterocycles. The molecule has 2 N–H and O–H groups in total. The van der Waals surface area contributed by atoms with Gasteiger partial charge in [0.15, 0.2) is 11.6 Å². The van der Waals surface area contributed by atoms with Gasteiger partial charge in [-0.3, -0.25) is 4.79 Å². The SMILES string of the molecule is Cn1ccnc1C(=O)CC(C)(C)N. The Morgan fingerprint density at radius 1 is 1.69 bits per heavy atom. The first-order valence-corrected chi connectivity index (χ1v) is 4.19. The van der Waals surface area contributed by atoms with Crippen LogP contribution in [0.3, 0.4) is 0 Å². The molecule has 1 rings (SSSR count). The highest BCUT2D eigenvalue weighted by Crippen LogP contribution is 2.08. The van der Waals surface area contributed by atoms with Gasteiger partial charge in [0, 0.05) is 31.4 Å². The van der Waals surface area contributed by atoms with Crippen LogP contribution in [0.1, 0.15) is 30.9 Å². The van der Waals surface area contributed by atoms with Gasteiger partial charge in [0.1, 0.15) is 0 Å². The summed E-state index contributed by atoms with van der Waals surface area (Å²) in [5.41, 5.74) is 5.27. The Hall–Kier alpha value is -1.16. The van der Waals surface area contributed by atoms with Crippen molar-refractivity contribution in [1.82, 2.24) is 9.55 Å². The Balaban J connectivity index is 2.76. The van der Waals surface area contributed by atoms with E-state index in [9.17, 15) is 4.79 Å². The molecule has 1 aromatic heterocycles. The summed E-state index contributed by atoms with van der Waals surface area (Å²) in [6, 6.07) is 0. The average Bonchev–Trinajstić information content (AvgIpc) is 2.30. The molecular weight excluding hydrogens is 166 g/mol. The van der Waals surface area contributed by atoms with E-state index in [0.29, 0.717) is 12.2 Å². The molecule has 72 valence electrons. The molecule has 0 aromatic carbocycles. The zero-order valence-electron chi connectivity index (χ0n) is 8.24. The number of nitrogens with zero attached hydrogens (tertiary/aromatic N) is 2. The largest absolute Gasteiger partial charge is 0.332 e. The van der Waals surface area contributed by atoms with Crippen molar-refractivity contribution in [1.29, 1.82) is 0 Å². The van der Waals surface area contributed by atoms with Gasteiger partial charge in [0.25, 0.3) is 0 Å². The molecule has 13 heavy (non-hydrogen) atoms. The van der Waals surface area contributed by atoms with Gasteiger partial charge in [-0.15, -0.1) is 0 Å². The molecule has 0 unspecified atom stereocenters. The number of nitrogens with two attached hydrogens (primary N) is 1. The number of imidazole rings is 1. The van der Waals surface area contributed by atoms with Gasteiger partial charge in [0.2, 0.25) is 0 Å². The summed E-state index contributed by atoms with van der Waals surface area (Å²) in [5.74, 6) is 0.457. The number of Topliss-reactive ketones (excluding diaryl/α,β-unsaturated/α-hetero) is 1. The van der Waals surface area contributed by atoms with Gasteiger partial charge in [-0.1, -0.05) is 0 Å². The van der Waals surface area contributed by atoms with Crippen molar-refractivity contribution in [3.63, 3.8) is 0 Å². The van der Waals surface area contributed by atoms with E-state index in [2.05, 4.69) is 4.98 Å². The first kappa shape index (κ1) is 9.92. The van der Waals surface area contributed by atoms with Gasteiger partial charge < -0.3 is 10.3 Å². The van der Waals surface area contributed by atoms with Crippen molar-refractivity contribution in [2.45, 2.75) is 25.8 Å². The van der Waals surface area contributed by atoms with Gasteiger partial charge in [-0.05, 0) is 13.8 Å². The maximum absolute atomic E-state index is 11.6. The minimum absolute atomic E-state index is 0.0139. The summed E-state index contributed by atoms with van der Waals surface area (Å²) in [4.78, 5) is 15.5. The zero-order chi connectivity index (χ0) is 10.1. The third-order valence-electron chi connectivity index (χ3n) is 1.69. The predicted octanol–water partition coefficient (Wildman–Crippen LogP) is 0.730. The quantitative estimate of drug-likeness (QED) is 0.699. The molecule has 0 bridgehead atoms. The average molecular weight is 181 g/mol. The molecular formula is C9H15N3O. The van der Waals surface area contributed by atoms with Gasteiger partial charge in [0.05, 0.1) is 0 Å². The first-order valence-electron chi connectivity index (χ1n) is 4.19. The summed E-state index contributed by atoms with van der Waals surface area (Å²) in [5, 5.41) is 0. The van der Waals surface area contributed by atoms with Crippen molar-refractivity contribution in [2.24, 2.45) is 12.8 Å². The van der Waals surface area contributed by atoms with Gasteiger partial charge >= 0.3 is 0 Å². The summed E-state index contributed by atoms with van der Waals surface area (Å²) in [6.07, 6.45) is 3.67. The molecule has 0 saturated heterocycles. The number of hydrogen-bond acceptors (Lipinski definition) is 3. The molecule has 0 spiro atoms. The fraction of sp³-hybridized carbons (Fsp3) is 0.556. The second kappa shape index (κ2) is 3.30. The van der Waals surface area contributed by atoms with Crippen LogP contribution in [0.2, 0.25) is 0 Å². The summed E-state index contributed by atoms with van der Waals surface area (Å²) < 4.78 is 1.70. The predicted molar refractivity (Wildman–Crippen MR) is 50.4 cm³/mol. The van der Waals surface area contributed by atoms with Crippen LogP contribution < -0.4 is 5.73 Å². The van der Waals surface area contributed by atoms with E-state index in [1.165, 1.54) is 0 Å². The maximum atomic E-state index is 11.6. The first-order chi connectivity index (χ1) is 5.90. The van der Waals surface area contributed by atoms with Crippen molar-refractivity contribution in [3.8, 4) is 0 Å². The molecule has 0 aliphatic heterocycles. The Bertz CT molecular complexity index is 309. The van der Waals surface area contributed by atoms with Crippen LogP contribution >= 0.6 is 0 Å². The van der Waals surface area contributed by atoms with Gasteiger partial charge in [-0.2, -0.15) is 0 Å². The molecule has 0 saturated carbocycles. The maximum Gasteiger partial charge on any atom is 0.200 e. The van der Waals surface area contributed by atoms with Crippen LogP contribution in [0.4, 0.5) is 0 Å². The van der Waals surface area contributed by atoms with Crippen molar-refractivity contribution < 1.29 is 4.79 Å². The molecule has 0 fully saturated rings. The zero-order valence-corrected chi connectivity index (χ0v) is 8.24. The van der Waals surface area contributed by atoms with Crippen molar-refractivity contribution in [2.75, 3.05) is 0 Å². The number of carbonyl (C=O) groups excluding carboxylic acids is 1. The highest BCUT2D eigenvalue weighted by atomic mass is 16.1. The van der Waals surface area contributed by atoms with E-state index in [4.69, 9.17) is 5.73 Å². The third kappa shape index (κ3) is 2.66. The van der Waals surface area contributed by atoms with E-state index >= 15 is 0 Å². The van der Waals surface area contributed by atoms with E-state index in [1.807, 2.05) is 13.8 Å². The Morgan fingerprint density at radius 2 is 2.31 bits per heavy atom. The van der Waals surface area contributed by atoms with Crippen LogP contribution in [0, 0.1) is 0 Å². The lowest BCUT2D eigenvalue weighted by molar-refractivity contribution is 0.0947. The minimum atomic E-state index is -0.469. The third-order valence-corrected chi connectivity index (χ3v) is 1.69. The van der Waals surface area contributed by atoms with Crippen LogP contribution in [-0.4, -0.2) is 20.9 Å². The molecule has 0 radical (unpaired) electrons. The summed E-state index contributed by atoms with van der Waals surface area (Å²) >= 11 is 0. The van der Waals surface area contributed by atoms with E-state index in [-0.39, 0.29) is 5.78 Å². The molecule has 0 amide bonds. The van der Waals surface area contributed by atoms with Crippen LogP contribution in [-0.2, 0) is 7.05 Å². The Labute approximate surface area is 77.8 Å². The lowest BCUT2D eigenvalue weighted by atomic mass is 9.99. The normalized spacial score (nSPS) is 11.7. The Kier molecular flexibility index (Phi) is 2.52. The van der Waals surface area contributed by atoms with E-state index in [1.54, 1.807) is 24.0 Å². The fourth-order valence-corrected chi connectivity index (χ4v) is 1.13. The summed E-state index contributed by atoms with van der Waals surface area (Å²) in [6.45, 7) is 3.65. The smallest absolute Gasteiger partial charge is 0.200 e. The van der Waals surface area contributed by atoms with Gasteiger partial charge in [-0.25, -0.2) is 4.98 Å². The van der Waals surface area contributed by atoms with Crippen molar-refractivity contribution >= 4 is 5.78 Å². The lowest BCUT2D eigenvalue weighted by Gasteiger charge is -2.16. The van der Waals surface area contributed by atoms with Crippen molar-refractivity contribution in [3.05, 3.63) is 18.2 Å². The molecule has 1 aromatic rings. The second-order valence-corrected chi connectivity index (χ2v) is 3.95. The number of ketones is 1. The topological polar surface area (TPSA) is 60.9 Å². The highest BCUT2D eigenvalue weighted by molar-refractivity contribution is 5.93. The standard InChI is InChI=1S/C9H15N3O/c1-9(2,10)6-7(13)8-11-4-5-12(8)3/h4-5H,6,10H2,1-3H3. The molecule has 0 atom stereocenters. The molecule has 0 aliphatic carbocycles. The number of aryl methyl sites for hydroxylation is 1. The highest BCUT2D eigenvalue weighted by Gasteiger charge is 2.20. The Morgan fingerprint density at radius 3 is 2.69 bits per heavy atom. The fourth-order valence-electron chi connectivity index (χ4n) is 1.13. The van der Waals surface area contributed by atoms with Crippen LogP contribution in [0.25, 0.3) is 0 Å². The second-order valence-electron chi connectivity index (χ2n) is 3.95. The molecule has 0 aliphatic rings. The number of hydrogen-bond donors (Lipinski definition) is 1. The van der Waals surface area contributed by atoms with Crippen LogP contribution in [0.15, 0.2) is 12.4 Å². The van der Waals surface area contributed by atoms with Crippen LogP contribution in [0.5, 0.6) is 0 Å². The summed E-state index contributed by atoms with van der Waals surface area (Å²) in [7, 11) is 1.80. The minimum Gasteiger partial charge on any atom is -0.332 e. The number of aromatic nitrogens is 2. The lowest BCUT2D eigenvalue weighted by Crippen LogP contribution is -2.35. The van der Waals surface area contributed by atoms with E-state index in [0.717, 1.165) is 0 Å². The molecule has 4 nitrogen and oxygen atoms in total. The molecule has 4 heteroatoms. The monoisotopic (exact) mass is 181 g/mol.